The topological polar surface area (TPSA) is 71.8 Å². The molecule has 0 bridgehead atoms. The van der Waals surface area contributed by atoms with Crippen molar-refractivity contribution in [1.29, 1.82) is 0 Å². The maximum absolute atomic E-state index is 12.6. The first-order valence-corrected chi connectivity index (χ1v) is 3.66. The summed E-state index contributed by atoms with van der Waals surface area (Å²) in [4.78, 5) is 10.8. The van der Waals surface area contributed by atoms with E-state index in [0.29, 0.717) is 6.92 Å². The quantitative estimate of drug-likeness (QED) is 0.749. The molecule has 7 heteroatoms. The summed E-state index contributed by atoms with van der Waals surface area (Å²) in [6, 6.07) is 1.07. The van der Waals surface area contributed by atoms with E-state index in [0.717, 1.165) is 12.3 Å². The van der Waals surface area contributed by atoms with Crippen molar-refractivity contribution in [2.24, 2.45) is 5.73 Å². The van der Waals surface area contributed by atoms with Gasteiger partial charge >= 0.3 is 6.18 Å². The van der Waals surface area contributed by atoms with Crippen molar-refractivity contribution in [1.82, 2.24) is 10.2 Å². The molecule has 0 aromatic carbocycles. The number of hydrogen-bond donors (Lipinski definition) is 2. The minimum absolute atomic E-state index is 0.363. The minimum atomic E-state index is -4.74. The Bertz CT molecular complexity index is 332. The second kappa shape index (κ2) is 3.00. The van der Waals surface area contributed by atoms with Crippen molar-refractivity contribution < 1.29 is 18.0 Å². The van der Waals surface area contributed by atoms with Crippen LogP contribution in [0.4, 0.5) is 13.2 Å². The molecule has 3 N–H and O–H groups in total. The number of halogens is 3. The van der Waals surface area contributed by atoms with Crippen LogP contribution in [0.15, 0.2) is 12.3 Å². The number of nitrogens with two attached hydrogens (primary N) is 1. The van der Waals surface area contributed by atoms with Gasteiger partial charge in [-0.1, -0.05) is 0 Å². The van der Waals surface area contributed by atoms with Gasteiger partial charge in [-0.2, -0.15) is 18.3 Å². The van der Waals surface area contributed by atoms with Crippen LogP contribution in [0.25, 0.3) is 0 Å². The zero-order valence-electron chi connectivity index (χ0n) is 7.22. The highest BCUT2D eigenvalue weighted by molar-refractivity contribution is 5.86. The van der Waals surface area contributed by atoms with Gasteiger partial charge in [-0.15, -0.1) is 0 Å². The Labute approximate surface area is 77.3 Å². The first-order chi connectivity index (χ1) is 6.30. The summed E-state index contributed by atoms with van der Waals surface area (Å²) in [5.74, 6) is -1.46. The Balaban J connectivity index is 3.27. The molecule has 1 unspecified atom stereocenters. The summed E-state index contributed by atoms with van der Waals surface area (Å²) in [7, 11) is 0. The van der Waals surface area contributed by atoms with Crippen LogP contribution in [0.1, 0.15) is 12.6 Å². The van der Waals surface area contributed by atoms with E-state index in [2.05, 4.69) is 10.2 Å². The molecule has 0 aliphatic carbocycles. The number of hydrogen-bond acceptors (Lipinski definition) is 2. The maximum Gasteiger partial charge on any atom is 0.408 e. The van der Waals surface area contributed by atoms with Crippen LogP contribution in [-0.2, 0) is 10.2 Å². The average Bonchev–Trinajstić information content (AvgIpc) is 2.52. The molecule has 1 aromatic rings. The van der Waals surface area contributed by atoms with Gasteiger partial charge in [0.1, 0.15) is 0 Å². The summed E-state index contributed by atoms with van der Waals surface area (Å²) < 4.78 is 37.7. The lowest BCUT2D eigenvalue weighted by Gasteiger charge is -2.27. The van der Waals surface area contributed by atoms with E-state index < -0.39 is 17.5 Å². The number of amides is 1. The van der Waals surface area contributed by atoms with Crippen molar-refractivity contribution in [2.45, 2.75) is 18.5 Å². The largest absolute Gasteiger partial charge is 0.408 e. The van der Waals surface area contributed by atoms with Gasteiger partial charge < -0.3 is 5.73 Å². The lowest BCUT2D eigenvalue weighted by Crippen LogP contribution is -2.50. The molecule has 0 fully saturated rings. The molecule has 0 radical (unpaired) electrons. The highest BCUT2D eigenvalue weighted by Gasteiger charge is 2.58. The molecule has 0 saturated heterocycles. The van der Waals surface area contributed by atoms with Crippen LogP contribution in [0.3, 0.4) is 0 Å². The molecular formula is C7H8F3N3O. The normalized spacial score (nSPS) is 16.3. The standard InChI is InChI=1S/C7H8F3N3O/c1-6(5(11)14,7(8,9)10)4-2-3-12-13-4/h2-3H,1H3,(H2,11,14)(H,12,13). The smallest absolute Gasteiger partial charge is 0.369 e. The van der Waals surface area contributed by atoms with Crippen molar-refractivity contribution >= 4 is 5.91 Å². The molecule has 1 amide bonds. The number of H-pyrrole nitrogens is 1. The zero-order valence-corrected chi connectivity index (χ0v) is 7.22. The van der Waals surface area contributed by atoms with Gasteiger partial charge in [0.2, 0.25) is 5.91 Å². The Morgan fingerprint density at radius 2 is 2.14 bits per heavy atom. The lowest BCUT2D eigenvalue weighted by molar-refractivity contribution is -0.190. The summed E-state index contributed by atoms with van der Waals surface area (Å²) in [6.45, 7) is 0.711. The first-order valence-electron chi connectivity index (χ1n) is 3.66. The summed E-state index contributed by atoms with van der Waals surface area (Å²) in [5.41, 5.74) is 1.66. The maximum atomic E-state index is 12.6. The molecule has 14 heavy (non-hydrogen) atoms. The van der Waals surface area contributed by atoms with Gasteiger partial charge in [0.15, 0.2) is 5.41 Å². The SMILES string of the molecule is CC(C(N)=O)(c1ccn[nH]1)C(F)(F)F. The molecule has 0 spiro atoms. The number of aromatic nitrogens is 2. The molecule has 0 saturated carbocycles. The summed E-state index contributed by atoms with van der Waals surface area (Å²) in [6.07, 6.45) is -3.62. The van der Waals surface area contributed by atoms with Crippen LogP contribution in [-0.4, -0.2) is 22.3 Å². The molecular weight excluding hydrogens is 199 g/mol. The van der Waals surface area contributed by atoms with Gasteiger partial charge in [0.05, 0.1) is 5.69 Å². The fourth-order valence-electron chi connectivity index (χ4n) is 0.959. The van der Waals surface area contributed by atoms with E-state index in [-0.39, 0.29) is 5.69 Å². The molecule has 1 heterocycles. The predicted molar refractivity (Wildman–Crippen MR) is 41.2 cm³/mol. The highest BCUT2D eigenvalue weighted by Crippen LogP contribution is 2.39. The molecule has 4 nitrogen and oxygen atoms in total. The van der Waals surface area contributed by atoms with E-state index in [1.807, 2.05) is 0 Å². The number of nitrogens with one attached hydrogen (secondary N) is 1. The second-order valence-corrected chi connectivity index (χ2v) is 2.96. The van der Waals surface area contributed by atoms with Crippen LogP contribution in [0.2, 0.25) is 0 Å². The van der Waals surface area contributed by atoms with E-state index in [1.54, 1.807) is 0 Å². The Hall–Kier alpha value is -1.53. The zero-order chi connectivity index (χ0) is 11.0. The number of carbonyl (C=O) groups excluding carboxylic acids is 1. The van der Waals surface area contributed by atoms with Crippen molar-refractivity contribution in [3.63, 3.8) is 0 Å². The molecule has 1 rings (SSSR count). The summed E-state index contributed by atoms with van der Waals surface area (Å²) in [5, 5.41) is 5.45. The average molecular weight is 207 g/mol. The third-order valence-electron chi connectivity index (χ3n) is 2.10. The van der Waals surface area contributed by atoms with E-state index >= 15 is 0 Å². The molecule has 0 aliphatic rings. The van der Waals surface area contributed by atoms with Crippen LogP contribution in [0, 0.1) is 0 Å². The lowest BCUT2D eigenvalue weighted by atomic mass is 9.85. The minimum Gasteiger partial charge on any atom is -0.369 e. The third-order valence-corrected chi connectivity index (χ3v) is 2.10. The number of carbonyl (C=O) groups is 1. The van der Waals surface area contributed by atoms with Gasteiger partial charge in [0, 0.05) is 6.20 Å². The van der Waals surface area contributed by atoms with Gasteiger partial charge in [-0.3, -0.25) is 9.89 Å². The van der Waals surface area contributed by atoms with Gasteiger partial charge in [-0.05, 0) is 13.0 Å². The molecule has 1 aromatic heterocycles. The number of alkyl halides is 3. The van der Waals surface area contributed by atoms with E-state index in [9.17, 15) is 18.0 Å². The summed E-state index contributed by atoms with van der Waals surface area (Å²) >= 11 is 0. The van der Waals surface area contributed by atoms with Gasteiger partial charge in [-0.25, -0.2) is 0 Å². The number of aromatic amines is 1. The fraction of sp³-hybridized carbons (Fsp3) is 0.429. The van der Waals surface area contributed by atoms with Crippen LogP contribution in [0.5, 0.6) is 0 Å². The fourth-order valence-corrected chi connectivity index (χ4v) is 0.959. The number of rotatable bonds is 2. The van der Waals surface area contributed by atoms with Gasteiger partial charge in [0.25, 0.3) is 0 Å². The second-order valence-electron chi connectivity index (χ2n) is 2.96. The van der Waals surface area contributed by atoms with Crippen LogP contribution < -0.4 is 5.73 Å². The predicted octanol–water partition coefficient (Wildman–Crippen LogP) is 0.715. The highest BCUT2D eigenvalue weighted by atomic mass is 19.4. The first kappa shape index (κ1) is 10.6. The molecule has 1 atom stereocenters. The monoisotopic (exact) mass is 207 g/mol. The van der Waals surface area contributed by atoms with Crippen molar-refractivity contribution in [3.05, 3.63) is 18.0 Å². The van der Waals surface area contributed by atoms with E-state index in [4.69, 9.17) is 5.73 Å². The molecule has 0 aliphatic heterocycles. The molecule has 78 valence electrons. The van der Waals surface area contributed by atoms with E-state index in [1.165, 1.54) is 0 Å². The van der Waals surface area contributed by atoms with Crippen molar-refractivity contribution in [2.75, 3.05) is 0 Å². The Kier molecular flexibility index (Phi) is 2.26. The Morgan fingerprint density at radius 3 is 2.43 bits per heavy atom. The number of primary amides is 1. The van der Waals surface area contributed by atoms with Crippen molar-refractivity contribution in [3.8, 4) is 0 Å². The number of nitrogens with zero attached hydrogens (tertiary/aromatic N) is 1. The Morgan fingerprint density at radius 1 is 1.57 bits per heavy atom. The van der Waals surface area contributed by atoms with Crippen LogP contribution >= 0.6 is 0 Å². The third kappa shape index (κ3) is 1.34.